The third kappa shape index (κ3) is 3.19. The molecule has 3 heteroatoms. The highest BCUT2D eigenvalue weighted by molar-refractivity contribution is 7.78. The monoisotopic (exact) mass is 314 g/mol. The number of rotatable bonds is 4. The van der Waals surface area contributed by atoms with Crippen LogP contribution in [0.1, 0.15) is 32.1 Å². The van der Waals surface area contributed by atoms with E-state index in [1.54, 1.807) is 0 Å². The molecule has 0 aliphatic heterocycles. The number of aliphatic hydroxyl groups is 1. The quantitative estimate of drug-likeness (QED) is 0.874. The molecule has 116 valence electrons. The Labute approximate surface area is 132 Å². The molecule has 0 bridgehead atoms. The van der Waals surface area contributed by atoms with Gasteiger partial charge in [0.05, 0.1) is 5.60 Å². The van der Waals surface area contributed by atoms with Crippen LogP contribution in [-0.2, 0) is 4.57 Å². The van der Waals surface area contributed by atoms with E-state index in [1.165, 1.54) is 6.42 Å². The van der Waals surface area contributed by atoms with Crippen molar-refractivity contribution in [3.63, 3.8) is 0 Å². The van der Waals surface area contributed by atoms with E-state index in [1.807, 2.05) is 60.7 Å². The molecule has 1 fully saturated rings. The minimum absolute atomic E-state index is 0.355. The van der Waals surface area contributed by atoms with Gasteiger partial charge in [-0.15, -0.1) is 0 Å². The van der Waals surface area contributed by atoms with E-state index < -0.39 is 12.7 Å². The van der Waals surface area contributed by atoms with Gasteiger partial charge in [-0.25, -0.2) is 0 Å². The third-order valence-corrected chi connectivity index (χ3v) is 7.95. The van der Waals surface area contributed by atoms with Gasteiger partial charge in [0.2, 0.25) is 0 Å². The van der Waals surface area contributed by atoms with Gasteiger partial charge in [-0.2, -0.15) is 0 Å². The zero-order chi connectivity index (χ0) is 15.5. The Kier molecular flexibility index (Phi) is 4.52. The summed E-state index contributed by atoms with van der Waals surface area (Å²) < 4.78 is 13.9. The number of benzene rings is 2. The number of hydrogen-bond acceptors (Lipinski definition) is 2. The topological polar surface area (TPSA) is 37.3 Å². The van der Waals surface area contributed by atoms with Crippen molar-refractivity contribution in [2.75, 3.05) is 6.16 Å². The van der Waals surface area contributed by atoms with E-state index in [-0.39, 0.29) is 0 Å². The molecule has 0 saturated heterocycles. The van der Waals surface area contributed by atoms with Crippen molar-refractivity contribution >= 4 is 17.8 Å². The van der Waals surface area contributed by atoms with Crippen LogP contribution in [0.4, 0.5) is 0 Å². The lowest BCUT2D eigenvalue weighted by Gasteiger charge is -2.35. The Morgan fingerprint density at radius 2 is 1.27 bits per heavy atom. The zero-order valence-corrected chi connectivity index (χ0v) is 13.7. The fraction of sp³-hybridized carbons (Fsp3) is 0.368. The standard InChI is InChI=1S/C19H23O2P/c20-19(14-8-3-9-15-19)16-22(21,17-10-4-1-5-11-17)18-12-6-2-7-13-18/h1-2,4-7,10-13,20H,3,8-9,14-16H2. The maximum absolute atomic E-state index is 13.9. The van der Waals surface area contributed by atoms with E-state index >= 15 is 0 Å². The second kappa shape index (κ2) is 6.40. The average molecular weight is 314 g/mol. The van der Waals surface area contributed by atoms with Gasteiger partial charge in [-0.05, 0) is 12.8 Å². The van der Waals surface area contributed by atoms with Crippen molar-refractivity contribution in [1.82, 2.24) is 0 Å². The average Bonchev–Trinajstić information content (AvgIpc) is 2.57. The highest BCUT2D eigenvalue weighted by Gasteiger charge is 2.39. The summed E-state index contributed by atoms with van der Waals surface area (Å²) in [6, 6.07) is 19.3. The minimum atomic E-state index is -2.81. The molecular formula is C19H23O2P. The van der Waals surface area contributed by atoms with Gasteiger partial charge in [-0.1, -0.05) is 79.9 Å². The predicted molar refractivity (Wildman–Crippen MR) is 92.7 cm³/mol. The van der Waals surface area contributed by atoms with Crippen molar-refractivity contribution < 1.29 is 9.67 Å². The van der Waals surface area contributed by atoms with Crippen LogP contribution in [0.25, 0.3) is 0 Å². The molecule has 1 aliphatic rings. The van der Waals surface area contributed by atoms with Crippen molar-refractivity contribution in [2.45, 2.75) is 37.7 Å². The maximum Gasteiger partial charge on any atom is 0.146 e. The summed E-state index contributed by atoms with van der Waals surface area (Å²) in [6.07, 6.45) is 5.10. The predicted octanol–water partition coefficient (Wildman–Crippen LogP) is 3.70. The zero-order valence-electron chi connectivity index (χ0n) is 12.8. The van der Waals surface area contributed by atoms with Crippen molar-refractivity contribution in [3.05, 3.63) is 60.7 Å². The molecule has 0 atom stereocenters. The lowest BCUT2D eigenvalue weighted by molar-refractivity contribution is 0.0257. The summed E-state index contributed by atoms with van der Waals surface area (Å²) in [4.78, 5) is 0. The third-order valence-electron chi connectivity index (χ3n) is 4.65. The summed E-state index contributed by atoms with van der Waals surface area (Å²) in [7, 11) is -2.81. The van der Waals surface area contributed by atoms with Crippen molar-refractivity contribution in [1.29, 1.82) is 0 Å². The van der Waals surface area contributed by atoms with E-state index in [4.69, 9.17) is 0 Å². The fourth-order valence-electron chi connectivity index (χ4n) is 3.45. The van der Waals surface area contributed by atoms with Crippen LogP contribution in [0, 0.1) is 0 Å². The lowest BCUT2D eigenvalue weighted by atomic mass is 9.86. The molecule has 0 aromatic heterocycles. The van der Waals surface area contributed by atoms with Crippen LogP contribution >= 0.6 is 7.14 Å². The molecule has 0 amide bonds. The molecule has 0 radical (unpaired) electrons. The molecule has 2 aromatic rings. The minimum Gasteiger partial charge on any atom is -0.389 e. The molecule has 1 aliphatic carbocycles. The van der Waals surface area contributed by atoms with Gasteiger partial charge in [-0.3, -0.25) is 0 Å². The first-order chi connectivity index (χ1) is 10.6. The maximum atomic E-state index is 13.9. The summed E-state index contributed by atoms with van der Waals surface area (Å²) in [5, 5.41) is 12.7. The van der Waals surface area contributed by atoms with Gasteiger partial charge in [0.1, 0.15) is 7.14 Å². The second-order valence-corrected chi connectivity index (χ2v) is 9.18. The SMILES string of the molecule is O=P(CC1(O)CCCCC1)(c1ccccc1)c1ccccc1. The highest BCUT2D eigenvalue weighted by Crippen LogP contribution is 2.49. The molecule has 2 nitrogen and oxygen atoms in total. The molecule has 1 N–H and O–H groups in total. The Balaban J connectivity index is 2.02. The summed E-state index contributed by atoms with van der Waals surface area (Å²) in [6.45, 7) is 0. The molecule has 1 saturated carbocycles. The van der Waals surface area contributed by atoms with Crippen LogP contribution in [-0.4, -0.2) is 16.9 Å². The Hall–Kier alpha value is -1.37. The number of hydrogen-bond donors (Lipinski definition) is 1. The van der Waals surface area contributed by atoms with Gasteiger partial charge in [0, 0.05) is 16.8 Å². The normalized spacial score (nSPS) is 18.0. The van der Waals surface area contributed by atoms with Crippen LogP contribution in [0.3, 0.4) is 0 Å². The Morgan fingerprint density at radius 3 is 1.73 bits per heavy atom. The van der Waals surface area contributed by atoms with Gasteiger partial charge >= 0.3 is 0 Å². The molecule has 22 heavy (non-hydrogen) atoms. The van der Waals surface area contributed by atoms with Crippen molar-refractivity contribution in [2.24, 2.45) is 0 Å². The molecule has 2 aromatic carbocycles. The first-order valence-electron chi connectivity index (χ1n) is 8.05. The van der Waals surface area contributed by atoms with Crippen LogP contribution < -0.4 is 10.6 Å². The summed E-state index contributed by atoms with van der Waals surface area (Å²) >= 11 is 0. The first kappa shape index (κ1) is 15.5. The van der Waals surface area contributed by atoms with E-state index in [2.05, 4.69) is 0 Å². The van der Waals surface area contributed by atoms with Crippen molar-refractivity contribution in [3.8, 4) is 0 Å². The van der Waals surface area contributed by atoms with E-state index in [0.29, 0.717) is 6.16 Å². The Bertz CT molecular complexity index is 602. The summed E-state index contributed by atoms with van der Waals surface area (Å²) in [5.41, 5.74) is -0.792. The van der Waals surface area contributed by atoms with E-state index in [9.17, 15) is 9.67 Å². The largest absolute Gasteiger partial charge is 0.389 e. The first-order valence-corrected chi connectivity index (χ1v) is 9.94. The molecule has 3 rings (SSSR count). The highest BCUT2D eigenvalue weighted by atomic mass is 31.2. The van der Waals surface area contributed by atoms with Gasteiger partial charge in [0.25, 0.3) is 0 Å². The molecule has 0 heterocycles. The van der Waals surface area contributed by atoms with Gasteiger partial charge in [0.15, 0.2) is 0 Å². The van der Waals surface area contributed by atoms with Crippen LogP contribution in [0.5, 0.6) is 0 Å². The van der Waals surface area contributed by atoms with Crippen LogP contribution in [0.15, 0.2) is 60.7 Å². The fourth-order valence-corrected chi connectivity index (χ4v) is 6.57. The smallest absolute Gasteiger partial charge is 0.146 e. The Morgan fingerprint density at radius 1 is 0.818 bits per heavy atom. The summed E-state index contributed by atoms with van der Waals surface area (Å²) in [5.74, 6) is 0. The molecular weight excluding hydrogens is 291 g/mol. The second-order valence-electron chi connectivity index (χ2n) is 6.35. The van der Waals surface area contributed by atoms with Crippen LogP contribution in [0.2, 0.25) is 0 Å². The molecule has 0 unspecified atom stereocenters. The lowest BCUT2D eigenvalue weighted by Crippen LogP contribution is -2.38. The van der Waals surface area contributed by atoms with Gasteiger partial charge < -0.3 is 9.67 Å². The molecule has 0 spiro atoms. The van der Waals surface area contributed by atoms with E-state index in [0.717, 1.165) is 36.3 Å².